The molecule has 2 rings (SSSR count). The number of esters is 2. The molecule has 1 aliphatic rings. The van der Waals surface area contributed by atoms with E-state index in [1.807, 2.05) is 4.90 Å². The zero-order valence-electron chi connectivity index (χ0n) is 13.3. The highest BCUT2D eigenvalue weighted by molar-refractivity contribution is 5.82. The molecule has 0 aliphatic carbocycles. The lowest BCUT2D eigenvalue weighted by Gasteiger charge is -2.25. The third-order valence-corrected chi connectivity index (χ3v) is 3.91. The lowest BCUT2D eigenvalue weighted by molar-refractivity contribution is -0.142. The first-order chi connectivity index (χ1) is 11.0. The van der Waals surface area contributed by atoms with Crippen LogP contribution in [-0.4, -0.2) is 44.1 Å². The van der Waals surface area contributed by atoms with Crippen molar-refractivity contribution in [2.75, 3.05) is 27.3 Å². The van der Waals surface area contributed by atoms with Gasteiger partial charge in [-0.1, -0.05) is 12.1 Å². The number of rotatable bonds is 5. The van der Waals surface area contributed by atoms with E-state index < -0.39 is 11.9 Å². The Bertz CT molecular complexity index is 597. The van der Waals surface area contributed by atoms with Gasteiger partial charge in [-0.2, -0.15) is 0 Å². The van der Waals surface area contributed by atoms with Crippen LogP contribution in [-0.2, 0) is 19.1 Å². The summed E-state index contributed by atoms with van der Waals surface area (Å²) in [6.07, 6.45) is 3.11. The molecular weight excluding hydrogens is 301 g/mol. The molecule has 1 atom stereocenters. The highest BCUT2D eigenvalue weighted by Gasteiger charge is 2.28. The maximum atomic E-state index is 13.1. The van der Waals surface area contributed by atoms with Crippen molar-refractivity contribution in [3.63, 3.8) is 0 Å². The summed E-state index contributed by atoms with van der Waals surface area (Å²) in [4.78, 5) is 25.5. The molecule has 1 aliphatic heterocycles. The van der Waals surface area contributed by atoms with Crippen LogP contribution in [0.2, 0.25) is 0 Å². The Morgan fingerprint density at radius 2 is 1.96 bits per heavy atom. The van der Waals surface area contributed by atoms with Gasteiger partial charge < -0.3 is 14.4 Å². The van der Waals surface area contributed by atoms with Crippen molar-refractivity contribution in [2.24, 2.45) is 0 Å². The van der Waals surface area contributed by atoms with Gasteiger partial charge in [0.15, 0.2) is 0 Å². The molecule has 0 spiro atoms. The maximum Gasteiger partial charge on any atom is 0.332 e. The minimum Gasteiger partial charge on any atom is -0.468 e. The molecule has 23 heavy (non-hydrogen) atoms. The molecule has 0 aromatic heterocycles. The van der Waals surface area contributed by atoms with Crippen LogP contribution in [0.25, 0.3) is 0 Å². The fourth-order valence-corrected chi connectivity index (χ4v) is 2.69. The highest BCUT2D eigenvalue weighted by atomic mass is 19.1. The second-order valence-electron chi connectivity index (χ2n) is 5.34. The molecule has 1 fully saturated rings. The van der Waals surface area contributed by atoms with Crippen LogP contribution >= 0.6 is 0 Å². The first-order valence-electron chi connectivity index (χ1n) is 7.42. The van der Waals surface area contributed by atoms with Gasteiger partial charge in [0, 0.05) is 24.9 Å². The lowest BCUT2D eigenvalue weighted by atomic mass is 9.98. The number of hydrogen-bond acceptors (Lipinski definition) is 5. The van der Waals surface area contributed by atoms with Crippen molar-refractivity contribution in [1.82, 2.24) is 4.90 Å². The summed E-state index contributed by atoms with van der Waals surface area (Å²) in [5.41, 5.74) is 1.52. The number of benzene rings is 1. The standard InChI is InChI=1S/C17H20FNO4/c1-22-16(20)10-14-4-3-9-19(14)11-15(17(21)23-2)12-5-7-13(18)8-6-12/h5-8,10,15H,3-4,9,11H2,1-2H3/b14-10+. The van der Waals surface area contributed by atoms with Crippen LogP contribution in [0.3, 0.4) is 0 Å². The van der Waals surface area contributed by atoms with Gasteiger partial charge in [0.2, 0.25) is 0 Å². The molecule has 0 amide bonds. The van der Waals surface area contributed by atoms with E-state index in [-0.39, 0.29) is 11.8 Å². The molecule has 5 nitrogen and oxygen atoms in total. The Morgan fingerprint density at radius 1 is 1.26 bits per heavy atom. The SMILES string of the molecule is COC(=O)/C=C1\CCCN1CC(C(=O)OC)c1ccc(F)cc1. The van der Waals surface area contributed by atoms with E-state index in [9.17, 15) is 14.0 Å². The molecule has 0 radical (unpaired) electrons. The van der Waals surface area contributed by atoms with Gasteiger partial charge in [0.05, 0.1) is 20.1 Å². The Balaban J connectivity index is 2.20. The molecule has 1 aromatic carbocycles. The second-order valence-corrected chi connectivity index (χ2v) is 5.34. The smallest absolute Gasteiger partial charge is 0.332 e. The number of allylic oxidation sites excluding steroid dienone is 1. The molecule has 0 saturated carbocycles. The van der Waals surface area contributed by atoms with Crippen LogP contribution in [0.15, 0.2) is 36.0 Å². The first kappa shape index (κ1) is 17.0. The zero-order chi connectivity index (χ0) is 16.8. The topological polar surface area (TPSA) is 55.8 Å². The highest BCUT2D eigenvalue weighted by Crippen LogP contribution is 2.27. The Hall–Kier alpha value is -2.37. The number of nitrogens with zero attached hydrogens (tertiary/aromatic N) is 1. The molecule has 124 valence electrons. The molecule has 1 heterocycles. The molecule has 0 bridgehead atoms. The largest absolute Gasteiger partial charge is 0.468 e. The van der Waals surface area contributed by atoms with Crippen LogP contribution in [0.1, 0.15) is 24.3 Å². The average Bonchev–Trinajstić information content (AvgIpc) is 2.99. The van der Waals surface area contributed by atoms with E-state index in [1.165, 1.54) is 32.4 Å². The van der Waals surface area contributed by atoms with E-state index in [2.05, 4.69) is 4.74 Å². The van der Waals surface area contributed by atoms with Gasteiger partial charge in [-0.3, -0.25) is 4.79 Å². The van der Waals surface area contributed by atoms with E-state index in [0.717, 1.165) is 25.1 Å². The summed E-state index contributed by atoms with van der Waals surface area (Å²) < 4.78 is 22.6. The number of hydrogen-bond donors (Lipinski definition) is 0. The normalized spacial score (nSPS) is 17.2. The zero-order valence-corrected chi connectivity index (χ0v) is 13.3. The molecular formula is C17H20FNO4. The Labute approximate surface area is 134 Å². The van der Waals surface area contributed by atoms with Crippen molar-refractivity contribution in [3.05, 3.63) is 47.4 Å². The van der Waals surface area contributed by atoms with E-state index in [0.29, 0.717) is 12.1 Å². The molecule has 1 unspecified atom stereocenters. The first-order valence-corrected chi connectivity index (χ1v) is 7.42. The second kappa shape index (κ2) is 7.76. The van der Waals surface area contributed by atoms with Gasteiger partial charge >= 0.3 is 11.9 Å². The van der Waals surface area contributed by atoms with Gasteiger partial charge in [0.1, 0.15) is 5.82 Å². The van der Waals surface area contributed by atoms with E-state index in [4.69, 9.17) is 4.74 Å². The van der Waals surface area contributed by atoms with Crippen molar-refractivity contribution in [1.29, 1.82) is 0 Å². The molecule has 0 N–H and O–H groups in total. The maximum absolute atomic E-state index is 13.1. The number of likely N-dealkylation sites (tertiary alicyclic amines) is 1. The summed E-state index contributed by atoms with van der Waals surface area (Å²) in [7, 11) is 2.66. The van der Waals surface area contributed by atoms with Crippen molar-refractivity contribution >= 4 is 11.9 Å². The van der Waals surface area contributed by atoms with E-state index >= 15 is 0 Å². The van der Waals surface area contributed by atoms with Crippen LogP contribution in [0.4, 0.5) is 4.39 Å². The summed E-state index contributed by atoms with van der Waals surface area (Å²) >= 11 is 0. The van der Waals surface area contributed by atoms with Gasteiger partial charge in [-0.05, 0) is 30.5 Å². The monoisotopic (exact) mass is 321 g/mol. The minimum atomic E-state index is -0.542. The summed E-state index contributed by atoms with van der Waals surface area (Å²) in [6.45, 7) is 1.12. The van der Waals surface area contributed by atoms with Crippen molar-refractivity contribution in [2.45, 2.75) is 18.8 Å². The average molecular weight is 321 g/mol. The minimum absolute atomic E-state index is 0.357. The fourth-order valence-electron chi connectivity index (χ4n) is 2.69. The predicted octanol–water partition coefficient (Wildman–Crippen LogP) is 2.24. The molecule has 6 heteroatoms. The van der Waals surface area contributed by atoms with Crippen LogP contribution < -0.4 is 0 Å². The lowest BCUT2D eigenvalue weighted by Crippen LogP contribution is -2.30. The third-order valence-electron chi connectivity index (χ3n) is 3.91. The van der Waals surface area contributed by atoms with Crippen LogP contribution in [0.5, 0.6) is 0 Å². The summed E-state index contributed by atoms with van der Waals surface area (Å²) in [6, 6.07) is 5.80. The van der Waals surface area contributed by atoms with Crippen molar-refractivity contribution < 1.29 is 23.5 Å². The number of carbonyl (C=O) groups excluding carboxylic acids is 2. The Morgan fingerprint density at radius 3 is 2.57 bits per heavy atom. The number of ether oxygens (including phenoxy) is 2. The van der Waals surface area contributed by atoms with Crippen LogP contribution in [0, 0.1) is 5.82 Å². The number of halogens is 1. The number of carbonyl (C=O) groups is 2. The van der Waals surface area contributed by atoms with E-state index in [1.54, 1.807) is 12.1 Å². The predicted molar refractivity (Wildman–Crippen MR) is 82.1 cm³/mol. The fraction of sp³-hybridized carbons (Fsp3) is 0.412. The van der Waals surface area contributed by atoms with Gasteiger partial charge in [-0.15, -0.1) is 0 Å². The quantitative estimate of drug-likeness (QED) is 0.615. The van der Waals surface area contributed by atoms with Crippen molar-refractivity contribution in [3.8, 4) is 0 Å². The summed E-state index contributed by atoms with van der Waals surface area (Å²) in [5.74, 6) is -1.70. The number of methoxy groups -OCH3 is 2. The van der Waals surface area contributed by atoms with Gasteiger partial charge in [0.25, 0.3) is 0 Å². The third kappa shape index (κ3) is 4.31. The Kier molecular flexibility index (Phi) is 5.73. The summed E-state index contributed by atoms with van der Waals surface area (Å²) in [5, 5.41) is 0. The molecule has 1 saturated heterocycles. The molecule has 1 aromatic rings. The van der Waals surface area contributed by atoms with Gasteiger partial charge in [-0.25, -0.2) is 9.18 Å².